The van der Waals surface area contributed by atoms with Gasteiger partial charge < -0.3 is 10.1 Å². The predicted octanol–water partition coefficient (Wildman–Crippen LogP) is 1.21. The number of nitrogens with zero attached hydrogens (tertiary/aromatic N) is 2. The number of halogens is 1. The first-order valence-electron chi connectivity index (χ1n) is 7.02. The molecule has 3 amide bonds. The zero-order valence-corrected chi connectivity index (χ0v) is 13.7. The molecule has 1 saturated heterocycles. The number of methoxy groups -OCH3 is 1. The SMILES string of the molecule is COC(=O)C[C@@H]1NC(=O)N(CN(C)Cc2ccc(Cl)cc2)C1=O. The molecule has 2 rings (SSSR count). The van der Waals surface area contributed by atoms with E-state index in [2.05, 4.69) is 10.1 Å². The van der Waals surface area contributed by atoms with Crippen molar-refractivity contribution in [1.82, 2.24) is 15.1 Å². The van der Waals surface area contributed by atoms with Crippen LogP contribution in [0, 0.1) is 0 Å². The van der Waals surface area contributed by atoms with Crippen molar-refractivity contribution in [3.8, 4) is 0 Å². The van der Waals surface area contributed by atoms with Gasteiger partial charge in [-0.05, 0) is 24.7 Å². The van der Waals surface area contributed by atoms with Gasteiger partial charge in [-0.1, -0.05) is 23.7 Å². The molecule has 23 heavy (non-hydrogen) atoms. The average Bonchev–Trinajstić information content (AvgIpc) is 2.77. The summed E-state index contributed by atoms with van der Waals surface area (Å²) in [5, 5.41) is 3.14. The predicted molar refractivity (Wildman–Crippen MR) is 83.6 cm³/mol. The molecule has 124 valence electrons. The molecule has 1 heterocycles. The largest absolute Gasteiger partial charge is 0.469 e. The lowest BCUT2D eigenvalue weighted by Crippen LogP contribution is -2.40. The van der Waals surface area contributed by atoms with Gasteiger partial charge in [0.05, 0.1) is 20.2 Å². The fourth-order valence-corrected chi connectivity index (χ4v) is 2.42. The second-order valence-electron chi connectivity index (χ2n) is 5.33. The number of carbonyl (C=O) groups excluding carboxylic acids is 3. The van der Waals surface area contributed by atoms with Gasteiger partial charge in [-0.2, -0.15) is 0 Å². The summed E-state index contributed by atoms with van der Waals surface area (Å²) in [4.78, 5) is 38.2. The lowest BCUT2D eigenvalue weighted by Gasteiger charge is -2.22. The second-order valence-corrected chi connectivity index (χ2v) is 5.77. The fraction of sp³-hybridized carbons (Fsp3) is 0.400. The Bertz CT molecular complexity index is 605. The van der Waals surface area contributed by atoms with E-state index < -0.39 is 23.9 Å². The van der Waals surface area contributed by atoms with Gasteiger partial charge >= 0.3 is 12.0 Å². The molecule has 0 radical (unpaired) electrons. The van der Waals surface area contributed by atoms with Crippen LogP contribution in [0.1, 0.15) is 12.0 Å². The van der Waals surface area contributed by atoms with Gasteiger partial charge in [0, 0.05) is 11.6 Å². The van der Waals surface area contributed by atoms with Crippen LogP contribution in [0.2, 0.25) is 5.02 Å². The van der Waals surface area contributed by atoms with E-state index in [9.17, 15) is 14.4 Å². The highest BCUT2D eigenvalue weighted by atomic mass is 35.5. The highest BCUT2D eigenvalue weighted by molar-refractivity contribution is 6.30. The smallest absolute Gasteiger partial charge is 0.325 e. The minimum Gasteiger partial charge on any atom is -0.469 e. The Morgan fingerprint density at radius 1 is 1.35 bits per heavy atom. The first-order chi connectivity index (χ1) is 10.9. The third-order valence-corrected chi connectivity index (χ3v) is 3.71. The summed E-state index contributed by atoms with van der Waals surface area (Å²) in [7, 11) is 3.03. The minimum absolute atomic E-state index is 0.130. The summed E-state index contributed by atoms with van der Waals surface area (Å²) in [6.07, 6.45) is -0.168. The lowest BCUT2D eigenvalue weighted by atomic mass is 10.2. The van der Waals surface area contributed by atoms with Crippen molar-refractivity contribution in [2.24, 2.45) is 0 Å². The van der Waals surface area contributed by atoms with Crippen LogP contribution in [-0.2, 0) is 20.9 Å². The standard InChI is InChI=1S/C15H18ClN3O4/c1-18(8-10-3-5-11(16)6-4-10)9-19-14(21)12(17-15(19)22)7-13(20)23-2/h3-6,12H,7-9H2,1-2H3,(H,17,22)/t12-/m0/s1. The van der Waals surface area contributed by atoms with Crippen LogP contribution >= 0.6 is 11.6 Å². The number of hydrogen-bond acceptors (Lipinski definition) is 5. The number of nitrogens with one attached hydrogen (secondary N) is 1. The number of amides is 3. The molecule has 1 atom stereocenters. The second kappa shape index (κ2) is 7.43. The van der Waals surface area contributed by atoms with E-state index in [0.717, 1.165) is 10.5 Å². The third-order valence-electron chi connectivity index (χ3n) is 3.45. The number of esters is 1. The van der Waals surface area contributed by atoms with Crippen LogP contribution in [0.15, 0.2) is 24.3 Å². The first kappa shape index (κ1) is 17.2. The van der Waals surface area contributed by atoms with Crippen molar-refractivity contribution in [2.75, 3.05) is 20.8 Å². The zero-order valence-electron chi connectivity index (χ0n) is 12.9. The highest BCUT2D eigenvalue weighted by Crippen LogP contribution is 2.14. The Morgan fingerprint density at radius 3 is 2.61 bits per heavy atom. The maximum atomic E-state index is 12.2. The summed E-state index contributed by atoms with van der Waals surface area (Å²) >= 11 is 5.84. The number of rotatable bonds is 6. The molecule has 0 aliphatic carbocycles. The van der Waals surface area contributed by atoms with Gasteiger partial charge in [0.15, 0.2) is 0 Å². The molecule has 8 heteroatoms. The Hall–Kier alpha value is -2.12. The van der Waals surface area contributed by atoms with Crippen molar-refractivity contribution in [1.29, 1.82) is 0 Å². The quantitative estimate of drug-likeness (QED) is 0.622. The molecule has 0 aromatic heterocycles. The van der Waals surface area contributed by atoms with E-state index in [1.165, 1.54) is 7.11 Å². The molecule has 0 spiro atoms. The van der Waals surface area contributed by atoms with E-state index in [1.807, 2.05) is 17.0 Å². The molecule has 1 N–H and O–H groups in total. The minimum atomic E-state index is -0.862. The van der Waals surface area contributed by atoms with E-state index in [-0.39, 0.29) is 13.1 Å². The van der Waals surface area contributed by atoms with Gasteiger partial charge in [0.25, 0.3) is 5.91 Å². The summed E-state index contributed by atoms with van der Waals surface area (Å²) < 4.78 is 4.52. The van der Waals surface area contributed by atoms with Crippen LogP contribution < -0.4 is 5.32 Å². The van der Waals surface area contributed by atoms with E-state index in [1.54, 1.807) is 19.2 Å². The van der Waals surface area contributed by atoms with Crippen molar-refractivity contribution in [3.05, 3.63) is 34.9 Å². The summed E-state index contributed by atoms with van der Waals surface area (Å²) in [6.45, 7) is 0.681. The Morgan fingerprint density at radius 2 is 2.00 bits per heavy atom. The number of benzene rings is 1. The molecular weight excluding hydrogens is 322 g/mol. The van der Waals surface area contributed by atoms with Crippen LogP contribution in [0.3, 0.4) is 0 Å². The van der Waals surface area contributed by atoms with E-state index >= 15 is 0 Å². The lowest BCUT2D eigenvalue weighted by molar-refractivity contribution is -0.143. The molecular formula is C15H18ClN3O4. The van der Waals surface area contributed by atoms with Crippen molar-refractivity contribution >= 4 is 29.5 Å². The topological polar surface area (TPSA) is 79.0 Å². The number of imide groups is 1. The number of hydrogen-bond donors (Lipinski definition) is 1. The monoisotopic (exact) mass is 339 g/mol. The first-order valence-corrected chi connectivity index (χ1v) is 7.40. The maximum absolute atomic E-state index is 12.2. The Labute approximate surface area is 139 Å². The van der Waals surface area contributed by atoms with Crippen molar-refractivity contribution < 1.29 is 19.1 Å². The Balaban J connectivity index is 1.93. The third kappa shape index (κ3) is 4.43. The van der Waals surface area contributed by atoms with Crippen molar-refractivity contribution in [2.45, 2.75) is 19.0 Å². The van der Waals surface area contributed by atoms with Gasteiger partial charge in [-0.25, -0.2) is 9.69 Å². The van der Waals surface area contributed by atoms with Crippen LogP contribution in [-0.4, -0.2) is 54.6 Å². The molecule has 1 aromatic carbocycles. The zero-order chi connectivity index (χ0) is 17.0. The Kier molecular flexibility index (Phi) is 5.57. The fourth-order valence-electron chi connectivity index (χ4n) is 2.29. The van der Waals surface area contributed by atoms with Gasteiger partial charge in [0.1, 0.15) is 6.04 Å². The average molecular weight is 340 g/mol. The summed E-state index contributed by atoms with van der Waals surface area (Å²) in [5.74, 6) is -0.969. The molecule has 0 unspecified atom stereocenters. The molecule has 1 aliphatic heterocycles. The number of ether oxygens (including phenoxy) is 1. The molecule has 1 fully saturated rings. The molecule has 0 bridgehead atoms. The van der Waals surface area contributed by atoms with Crippen LogP contribution in [0.25, 0.3) is 0 Å². The van der Waals surface area contributed by atoms with E-state index in [4.69, 9.17) is 11.6 Å². The summed E-state index contributed by atoms with van der Waals surface area (Å²) in [6, 6.07) is 5.95. The van der Waals surface area contributed by atoms with Gasteiger partial charge in [0.2, 0.25) is 0 Å². The normalized spacial score (nSPS) is 17.6. The highest BCUT2D eigenvalue weighted by Gasteiger charge is 2.39. The van der Waals surface area contributed by atoms with Crippen LogP contribution in [0.4, 0.5) is 4.79 Å². The molecule has 7 nitrogen and oxygen atoms in total. The molecule has 1 aromatic rings. The van der Waals surface area contributed by atoms with Crippen LogP contribution in [0.5, 0.6) is 0 Å². The number of carbonyl (C=O) groups is 3. The maximum Gasteiger partial charge on any atom is 0.325 e. The molecule has 0 saturated carbocycles. The van der Waals surface area contributed by atoms with Gasteiger partial charge in [-0.15, -0.1) is 0 Å². The van der Waals surface area contributed by atoms with Gasteiger partial charge in [-0.3, -0.25) is 14.5 Å². The van der Waals surface area contributed by atoms with E-state index in [0.29, 0.717) is 11.6 Å². The summed E-state index contributed by atoms with van der Waals surface area (Å²) in [5.41, 5.74) is 1.01. The molecule has 1 aliphatic rings. The van der Waals surface area contributed by atoms with Crippen molar-refractivity contribution in [3.63, 3.8) is 0 Å². The number of urea groups is 1.